The Balaban J connectivity index is 1.70. The number of nitrogens with one attached hydrogen (secondary N) is 1. The summed E-state index contributed by atoms with van der Waals surface area (Å²) in [6, 6.07) is 7.23. The topological polar surface area (TPSA) is 90.0 Å². The molecular weight excluding hydrogens is 304 g/mol. The molecule has 3 rings (SSSR count). The molecule has 0 aliphatic heterocycles. The van der Waals surface area contributed by atoms with E-state index >= 15 is 0 Å². The van der Waals surface area contributed by atoms with Gasteiger partial charge >= 0.3 is 0 Å². The Morgan fingerprint density at radius 1 is 1.29 bits per heavy atom. The standard InChI is InChI=1S/C18H24N4O2/c19-10-16(13-6-2-1-3-7-13)21-17(23)12-22-18(24)15-9-5-4-8-14(15)11-20-22/h4-5,8-9,11,13,16H,1-3,6-7,10,12,19H2,(H,21,23). The molecule has 1 aromatic heterocycles. The van der Waals surface area contributed by atoms with Crippen molar-refractivity contribution < 1.29 is 4.79 Å². The predicted molar refractivity (Wildman–Crippen MR) is 93.6 cm³/mol. The van der Waals surface area contributed by atoms with Gasteiger partial charge in [-0.25, -0.2) is 4.68 Å². The number of rotatable bonds is 5. The monoisotopic (exact) mass is 328 g/mol. The maximum absolute atomic E-state index is 12.4. The largest absolute Gasteiger partial charge is 0.350 e. The molecule has 1 aromatic carbocycles. The second kappa shape index (κ2) is 7.57. The second-order valence-corrected chi connectivity index (χ2v) is 6.50. The summed E-state index contributed by atoms with van der Waals surface area (Å²) in [6.45, 7) is 0.351. The molecule has 6 heteroatoms. The molecule has 0 spiro atoms. The van der Waals surface area contributed by atoms with E-state index in [2.05, 4.69) is 10.4 Å². The van der Waals surface area contributed by atoms with Crippen LogP contribution in [-0.2, 0) is 11.3 Å². The third-order valence-corrected chi connectivity index (χ3v) is 4.87. The van der Waals surface area contributed by atoms with Crippen LogP contribution in [0.4, 0.5) is 0 Å². The Labute approximate surface area is 141 Å². The Bertz CT molecular complexity index is 765. The van der Waals surface area contributed by atoms with Crippen LogP contribution < -0.4 is 16.6 Å². The lowest BCUT2D eigenvalue weighted by Crippen LogP contribution is -2.47. The lowest BCUT2D eigenvalue weighted by Gasteiger charge is -2.30. The highest BCUT2D eigenvalue weighted by atomic mass is 16.2. The van der Waals surface area contributed by atoms with Gasteiger partial charge in [0, 0.05) is 18.0 Å². The highest BCUT2D eigenvalue weighted by Gasteiger charge is 2.24. The highest BCUT2D eigenvalue weighted by Crippen LogP contribution is 2.26. The molecule has 0 radical (unpaired) electrons. The fourth-order valence-electron chi connectivity index (χ4n) is 3.53. The smallest absolute Gasteiger partial charge is 0.275 e. The summed E-state index contributed by atoms with van der Waals surface area (Å²) >= 11 is 0. The molecule has 1 unspecified atom stereocenters. The van der Waals surface area contributed by atoms with Crippen LogP contribution in [0.15, 0.2) is 35.3 Å². The number of fused-ring (bicyclic) bond motifs is 1. The number of carbonyl (C=O) groups excluding carboxylic acids is 1. The third-order valence-electron chi connectivity index (χ3n) is 4.87. The first-order valence-electron chi connectivity index (χ1n) is 8.63. The van der Waals surface area contributed by atoms with Gasteiger partial charge in [0.25, 0.3) is 5.56 Å². The summed E-state index contributed by atoms with van der Waals surface area (Å²) in [5, 5.41) is 8.45. The molecule has 1 aliphatic rings. The van der Waals surface area contributed by atoms with Crippen molar-refractivity contribution in [2.24, 2.45) is 11.7 Å². The zero-order valence-electron chi connectivity index (χ0n) is 13.8. The van der Waals surface area contributed by atoms with Gasteiger partial charge in [0.05, 0.1) is 11.6 Å². The van der Waals surface area contributed by atoms with Crippen molar-refractivity contribution in [2.75, 3.05) is 6.54 Å². The van der Waals surface area contributed by atoms with Gasteiger partial charge in [-0.05, 0) is 24.8 Å². The van der Waals surface area contributed by atoms with E-state index in [9.17, 15) is 9.59 Å². The molecule has 1 fully saturated rings. The van der Waals surface area contributed by atoms with Gasteiger partial charge in [-0.15, -0.1) is 0 Å². The van der Waals surface area contributed by atoms with Gasteiger partial charge in [-0.3, -0.25) is 9.59 Å². The lowest BCUT2D eigenvalue weighted by atomic mass is 9.84. The lowest BCUT2D eigenvalue weighted by molar-refractivity contribution is -0.123. The van der Waals surface area contributed by atoms with E-state index in [0.717, 1.165) is 18.2 Å². The summed E-state index contributed by atoms with van der Waals surface area (Å²) in [5.74, 6) is 0.231. The van der Waals surface area contributed by atoms with Crippen LogP contribution in [0, 0.1) is 5.92 Å². The first kappa shape index (κ1) is 16.6. The second-order valence-electron chi connectivity index (χ2n) is 6.50. The van der Waals surface area contributed by atoms with Crippen LogP contribution in [-0.4, -0.2) is 28.3 Å². The number of amides is 1. The summed E-state index contributed by atoms with van der Waals surface area (Å²) < 4.78 is 1.21. The molecule has 0 bridgehead atoms. The molecule has 1 aliphatic carbocycles. The number of aromatic nitrogens is 2. The number of nitrogens with zero attached hydrogens (tertiary/aromatic N) is 2. The van der Waals surface area contributed by atoms with Crippen LogP contribution in [0.5, 0.6) is 0 Å². The predicted octanol–water partition coefficient (Wildman–Crippen LogP) is 1.42. The van der Waals surface area contributed by atoms with E-state index in [0.29, 0.717) is 17.8 Å². The minimum Gasteiger partial charge on any atom is -0.350 e. The summed E-state index contributed by atoms with van der Waals surface area (Å²) in [5.41, 5.74) is 5.61. The molecule has 2 aromatic rings. The maximum atomic E-state index is 12.4. The Morgan fingerprint density at radius 3 is 2.79 bits per heavy atom. The molecule has 1 atom stereocenters. The van der Waals surface area contributed by atoms with E-state index < -0.39 is 0 Å². The fourth-order valence-corrected chi connectivity index (χ4v) is 3.53. The minimum absolute atomic E-state index is 0.0195. The van der Waals surface area contributed by atoms with Crippen molar-refractivity contribution in [3.8, 4) is 0 Å². The molecule has 1 amide bonds. The normalized spacial score (nSPS) is 16.9. The zero-order chi connectivity index (χ0) is 16.9. The SMILES string of the molecule is NCC(NC(=O)Cn1ncc2ccccc2c1=O)C1CCCCC1. The van der Waals surface area contributed by atoms with Crippen molar-refractivity contribution in [3.05, 3.63) is 40.8 Å². The van der Waals surface area contributed by atoms with E-state index in [1.165, 1.54) is 23.9 Å². The van der Waals surface area contributed by atoms with E-state index in [-0.39, 0.29) is 24.1 Å². The number of carbonyl (C=O) groups is 1. The summed E-state index contributed by atoms with van der Waals surface area (Å²) in [6.07, 6.45) is 7.49. The fraction of sp³-hybridized carbons (Fsp3) is 0.500. The molecule has 1 saturated carbocycles. The highest BCUT2D eigenvalue weighted by molar-refractivity contribution is 5.81. The molecule has 1 heterocycles. The van der Waals surface area contributed by atoms with E-state index in [1.807, 2.05) is 18.2 Å². The zero-order valence-corrected chi connectivity index (χ0v) is 13.8. The molecular formula is C18H24N4O2. The van der Waals surface area contributed by atoms with Crippen LogP contribution in [0.1, 0.15) is 32.1 Å². The van der Waals surface area contributed by atoms with Crippen molar-refractivity contribution in [2.45, 2.75) is 44.7 Å². The number of hydrogen-bond donors (Lipinski definition) is 2. The molecule has 3 N–H and O–H groups in total. The van der Waals surface area contributed by atoms with Gasteiger partial charge in [-0.1, -0.05) is 37.5 Å². The first-order chi connectivity index (χ1) is 11.7. The molecule has 6 nitrogen and oxygen atoms in total. The maximum Gasteiger partial charge on any atom is 0.275 e. The van der Waals surface area contributed by atoms with Crippen molar-refractivity contribution in [1.29, 1.82) is 0 Å². The van der Waals surface area contributed by atoms with Crippen LogP contribution in [0.3, 0.4) is 0 Å². The van der Waals surface area contributed by atoms with E-state index in [1.54, 1.807) is 12.3 Å². The number of nitrogens with two attached hydrogens (primary N) is 1. The van der Waals surface area contributed by atoms with Gasteiger partial charge in [0.1, 0.15) is 6.54 Å². The van der Waals surface area contributed by atoms with E-state index in [4.69, 9.17) is 5.73 Å². The Hall–Kier alpha value is -2.21. The first-order valence-corrected chi connectivity index (χ1v) is 8.63. The van der Waals surface area contributed by atoms with Crippen LogP contribution >= 0.6 is 0 Å². The number of hydrogen-bond acceptors (Lipinski definition) is 4. The Kier molecular flexibility index (Phi) is 5.25. The Morgan fingerprint density at radius 2 is 2.04 bits per heavy atom. The molecule has 0 saturated heterocycles. The quantitative estimate of drug-likeness (QED) is 0.868. The summed E-state index contributed by atoms with van der Waals surface area (Å²) in [7, 11) is 0. The van der Waals surface area contributed by atoms with Gasteiger partial charge in [-0.2, -0.15) is 5.10 Å². The average Bonchev–Trinajstić information content (AvgIpc) is 2.63. The molecule has 24 heavy (non-hydrogen) atoms. The number of benzene rings is 1. The van der Waals surface area contributed by atoms with Crippen LogP contribution in [0.2, 0.25) is 0 Å². The van der Waals surface area contributed by atoms with Gasteiger partial charge in [0.2, 0.25) is 5.91 Å². The summed E-state index contributed by atoms with van der Waals surface area (Å²) in [4.78, 5) is 24.8. The van der Waals surface area contributed by atoms with Crippen LogP contribution in [0.25, 0.3) is 10.8 Å². The third kappa shape index (κ3) is 3.64. The van der Waals surface area contributed by atoms with Crippen molar-refractivity contribution in [1.82, 2.24) is 15.1 Å². The minimum atomic E-state index is -0.245. The van der Waals surface area contributed by atoms with Gasteiger partial charge in [0.15, 0.2) is 0 Å². The van der Waals surface area contributed by atoms with Gasteiger partial charge < -0.3 is 11.1 Å². The van der Waals surface area contributed by atoms with Crippen molar-refractivity contribution >= 4 is 16.7 Å². The molecule has 128 valence electrons. The van der Waals surface area contributed by atoms with Crippen molar-refractivity contribution in [3.63, 3.8) is 0 Å². The average molecular weight is 328 g/mol.